The first kappa shape index (κ1) is 17.1. The van der Waals surface area contributed by atoms with E-state index in [4.69, 9.17) is 13.9 Å². The highest BCUT2D eigenvalue weighted by molar-refractivity contribution is 7.16. The summed E-state index contributed by atoms with van der Waals surface area (Å²) in [4.78, 5) is 23.7. The minimum Gasteiger partial charge on any atom is -0.497 e. The number of carbonyl (C=O) groups is 1. The van der Waals surface area contributed by atoms with Crippen molar-refractivity contribution in [1.29, 1.82) is 0 Å². The first-order valence-corrected chi connectivity index (χ1v) is 8.95. The molecule has 0 atom stereocenters. The molecule has 0 radical (unpaired) electrons. The summed E-state index contributed by atoms with van der Waals surface area (Å²) in [6.45, 7) is 0. The summed E-state index contributed by atoms with van der Waals surface area (Å²) in [6.07, 6.45) is 0. The molecule has 6 heteroatoms. The molecule has 0 saturated carbocycles. The number of ether oxygens (including phenoxy) is 2. The smallest absolute Gasteiger partial charge is 0.396 e. The predicted octanol–water partition coefficient (Wildman–Crippen LogP) is 4.75. The second-order valence-corrected chi connectivity index (χ2v) is 6.71. The van der Waals surface area contributed by atoms with E-state index in [0.29, 0.717) is 32.9 Å². The normalized spacial score (nSPS) is 10.7. The van der Waals surface area contributed by atoms with E-state index in [1.54, 1.807) is 43.5 Å². The van der Waals surface area contributed by atoms with Crippen LogP contribution in [-0.2, 0) is 0 Å². The SMILES string of the molecule is COc1ccc(-c2cc(OC(=O)c3ccccc3)cc3sc(=O)oc23)cc1. The molecule has 5 nitrogen and oxygen atoms in total. The van der Waals surface area contributed by atoms with Gasteiger partial charge in [-0.15, -0.1) is 0 Å². The number of fused-ring (bicyclic) bond motifs is 1. The second kappa shape index (κ2) is 7.09. The molecule has 27 heavy (non-hydrogen) atoms. The maximum absolute atomic E-state index is 12.4. The fraction of sp³-hybridized carbons (Fsp3) is 0.0476. The van der Waals surface area contributed by atoms with Gasteiger partial charge in [0.2, 0.25) is 0 Å². The first-order chi connectivity index (χ1) is 13.1. The van der Waals surface area contributed by atoms with Crippen molar-refractivity contribution in [1.82, 2.24) is 0 Å². The van der Waals surface area contributed by atoms with Crippen LogP contribution in [0.25, 0.3) is 21.4 Å². The van der Waals surface area contributed by atoms with E-state index < -0.39 is 10.9 Å². The Labute approximate surface area is 158 Å². The van der Waals surface area contributed by atoms with Gasteiger partial charge in [-0.2, -0.15) is 0 Å². The van der Waals surface area contributed by atoms with Crippen LogP contribution < -0.4 is 14.4 Å². The average molecular weight is 378 g/mol. The molecule has 1 heterocycles. The van der Waals surface area contributed by atoms with Crippen molar-refractivity contribution in [2.45, 2.75) is 0 Å². The lowest BCUT2D eigenvalue weighted by Gasteiger charge is -2.08. The standard InChI is InChI=1S/C21H14O5S/c1-24-15-9-7-13(8-10-15)17-11-16(12-18-19(17)26-21(23)27-18)25-20(22)14-5-3-2-4-6-14/h2-12H,1H3. The quantitative estimate of drug-likeness (QED) is 0.379. The summed E-state index contributed by atoms with van der Waals surface area (Å²) in [5.74, 6) is 0.596. The van der Waals surface area contributed by atoms with Gasteiger partial charge in [-0.25, -0.2) is 9.59 Å². The highest BCUT2D eigenvalue weighted by Gasteiger charge is 2.15. The number of hydrogen-bond acceptors (Lipinski definition) is 6. The molecule has 0 aliphatic rings. The van der Waals surface area contributed by atoms with Crippen molar-refractivity contribution in [3.63, 3.8) is 0 Å². The summed E-state index contributed by atoms with van der Waals surface area (Å²) >= 11 is 0.967. The van der Waals surface area contributed by atoms with Gasteiger partial charge in [-0.1, -0.05) is 41.7 Å². The van der Waals surface area contributed by atoms with Crippen LogP contribution in [0.15, 0.2) is 75.9 Å². The Bertz CT molecular complexity index is 1160. The molecule has 0 spiro atoms. The van der Waals surface area contributed by atoms with Crippen LogP contribution in [0.3, 0.4) is 0 Å². The van der Waals surface area contributed by atoms with Gasteiger partial charge in [-0.05, 0) is 35.9 Å². The van der Waals surface area contributed by atoms with Crippen LogP contribution in [0.5, 0.6) is 11.5 Å². The highest BCUT2D eigenvalue weighted by atomic mass is 32.1. The molecule has 0 unspecified atom stereocenters. The Kier molecular flexibility index (Phi) is 4.48. The van der Waals surface area contributed by atoms with Gasteiger partial charge in [0, 0.05) is 11.6 Å². The van der Waals surface area contributed by atoms with Crippen molar-refractivity contribution < 1.29 is 18.7 Å². The first-order valence-electron chi connectivity index (χ1n) is 8.13. The molecule has 0 N–H and O–H groups in total. The van der Waals surface area contributed by atoms with E-state index in [-0.39, 0.29) is 0 Å². The zero-order valence-corrected chi connectivity index (χ0v) is 15.1. The van der Waals surface area contributed by atoms with Crippen molar-refractivity contribution in [3.8, 4) is 22.6 Å². The predicted molar refractivity (Wildman–Crippen MR) is 104 cm³/mol. The third-order valence-electron chi connectivity index (χ3n) is 4.03. The fourth-order valence-electron chi connectivity index (χ4n) is 2.74. The largest absolute Gasteiger partial charge is 0.497 e. The number of benzene rings is 3. The topological polar surface area (TPSA) is 65.7 Å². The lowest BCUT2D eigenvalue weighted by Crippen LogP contribution is -2.08. The minimum atomic E-state index is -0.466. The maximum atomic E-state index is 12.4. The Morgan fingerprint density at radius 1 is 0.963 bits per heavy atom. The Morgan fingerprint density at radius 2 is 1.70 bits per heavy atom. The molecule has 4 rings (SSSR count). The molecule has 0 aliphatic carbocycles. The molecule has 1 aromatic heterocycles. The Morgan fingerprint density at radius 3 is 2.41 bits per heavy atom. The zero-order valence-electron chi connectivity index (χ0n) is 14.3. The zero-order chi connectivity index (χ0) is 18.8. The van der Waals surface area contributed by atoms with E-state index in [1.165, 1.54) is 0 Å². The molecule has 0 aliphatic heterocycles. The van der Waals surface area contributed by atoms with Crippen molar-refractivity contribution in [2.24, 2.45) is 0 Å². The third kappa shape index (κ3) is 3.47. The Balaban J connectivity index is 1.78. The molecule has 0 bridgehead atoms. The van der Waals surface area contributed by atoms with E-state index in [2.05, 4.69) is 0 Å². The molecular formula is C21H14O5S. The highest BCUT2D eigenvalue weighted by Crippen LogP contribution is 2.35. The molecule has 134 valence electrons. The lowest BCUT2D eigenvalue weighted by molar-refractivity contribution is 0.0735. The molecule has 0 amide bonds. The van der Waals surface area contributed by atoms with Crippen LogP contribution >= 0.6 is 11.3 Å². The second-order valence-electron chi connectivity index (χ2n) is 5.74. The van der Waals surface area contributed by atoms with Gasteiger partial charge >= 0.3 is 10.9 Å². The molecular weight excluding hydrogens is 364 g/mol. The summed E-state index contributed by atoms with van der Waals surface area (Å²) in [5.41, 5.74) is 2.41. The molecule has 3 aromatic carbocycles. The van der Waals surface area contributed by atoms with Crippen molar-refractivity contribution in [2.75, 3.05) is 7.11 Å². The van der Waals surface area contributed by atoms with E-state index in [9.17, 15) is 9.59 Å². The molecule has 0 saturated heterocycles. The average Bonchev–Trinajstić information content (AvgIpc) is 3.08. The van der Waals surface area contributed by atoms with Gasteiger partial charge in [0.25, 0.3) is 0 Å². The molecule has 4 aromatic rings. The number of carbonyl (C=O) groups excluding carboxylic acids is 1. The minimum absolute atomic E-state index is 0.347. The van der Waals surface area contributed by atoms with Crippen LogP contribution in [-0.4, -0.2) is 13.1 Å². The lowest BCUT2D eigenvalue weighted by atomic mass is 10.0. The maximum Gasteiger partial charge on any atom is 0.396 e. The summed E-state index contributed by atoms with van der Waals surface area (Å²) in [5, 5.41) is 0. The summed E-state index contributed by atoms with van der Waals surface area (Å²) < 4.78 is 16.7. The van der Waals surface area contributed by atoms with Crippen LogP contribution in [0, 0.1) is 0 Å². The van der Waals surface area contributed by atoms with Gasteiger partial charge < -0.3 is 13.9 Å². The van der Waals surface area contributed by atoms with Gasteiger partial charge in [-0.3, -0.25) is 0 Å². The van der Waals surface area contributed by atoms with Crippen LogP contribution in [0.1, 0.15) is 10.4 Å². The van der Waals surface area contributed by atoms with Crippen LogP contribution in [0.4, 0.5) is 0 Å². The van der Waals surface area contributed by atoms with E-state index >= 15 is 0 Å². The van der Waals surface area contributed by atoms with Crippen LogP contribution in [0.2, 0.25) is 0 Å². The van der Waals surface area contributed by atoms with E-state index in [1.807, 2.05) is 30.3 Å². The van der Waals surface area contributed by atoms with Gasteiger partial charge in [0.05, 0.1) is 17.4 Å². The molecule has 0 fully saturated rings. The van der Waals surface area contributed by atoms with Crippen molar-refractivity contribution in [3.05, 3.63) is 82.0 Å². The monoisotopic (exact) mass is 378 g/mol. The number of esters is 1. The van der Waals surface area contributed by atoms with Gasteiger partial charge in [0.1, 0.15) is 11.5 Å². The number of rotatable bonds is 4. The summed E-state index contributed by atoms with van der Waals surface area (Å²) in [6, 6.07) is 19.4. The number of methoxy groups -OCH3 is 1. The fourth-order valence-corrected chi connectivity index (χ4v) is 3.46. The Hall–Kier alpha value is -3.38. The third-order valence-corrected chi connectivity index (χ3v) is 4.80. The van der Waals surface area contributed by atoms with E-state index in [0.717, 1.165) is 16.9 Å². The number of hydrogen-bond donors (Lipinski definition) is 0. The van der Waals surface area contributed by atoms with Gasteiger partial charge in [0.15, 0.2) is 5.58 Å². The van der Waals surface area contributed by atoms with Crippen molar-refractivity contribution >= 4 is 27.6 Å². The summed E-state index contributed by atoms with van der Waals surface area (Å²) in [7, 11) is 1.59.